The summed E-state index contributed by atoms with van der Waals surface area (Å²) in [4.78, 5) is 36.1. The quantitative estimate of drug-likeness (QED) is 0.499. The first kappa shape index (κ1) is 20.4. The molecule has 2 saturated heterocycles. The summed E-state index contributed by atoms with van der Waals surface area (Å²) >= 11 is 0. The molecule has 0 radical (unpaired) electrons. The maximum Gasteiger partial charge on any atom is 0.339 e. The molecule has 0 aromatic heterocycles. The number of allylic oxidation sites excluding steroid dienone is 1. The maximum absolute atomic E-state index is 12.5. The Kier molecular flexibility index (Phi) is 5.05. The number of anilines is 1. The predicted octanol–water partition coefficient (Wildman–Crippen LogP) is 2.50. The molecule has 1 aliphatic carbocycles. The van der Waals surface area contributed by atoms with Crippen molar-refractivity contribution < 1.29 is 34.4 Å². The van der Waals surface area contributed by atoms with Gasteiger partial charge >= 0.3 is 5.97 Å². The third kappa shape index (κ3) is 3.25. The number of phenolic OH excluding ortho intramolecular Hbond substituents is 1. The molecule has 2 bridgehead atoms. The van der Waals surface area contributed by atoms with Crippen LogP contribution >= 0.6 is 0 Å². The molecule has 2 fully saturated rings. The van der Waals surface area contributed by atoms with Gasteiger partial charge < -0.3 is 25.4 Å². The Morgan fingerprint density at radius 2 is 2.03 bits per heavy atom. The van der Waals surface area contributed by atoms with Gasteiger partial charge in [-0.2, -0.15) is 0 Å². The number of carbonyl (C=O) groups excluding carboxylic acids is 2. The Hall–Kier alpha value is -2.87. The molecule has 30 heavy (non-hydrogen) atoms. The first-order valence-electron chi connectivity index (χ1n) is 10.1. The molecule has 0 saturated carbocycles. The number of aromatic hydroxyl groups is 2. The monoisotopic (exact) mass is 415 g/mol. The first-order chi connectivity index (χ1) is 14.2. The minimum Gasteiger partial charge on any atom is -0.506 e. The molecular weight excluding hydrogens is 390 g/mol. The number of fused-ring (bicyclic) bond motifs is 5. The molecule has 0 amide bonds. The lowest BCUT2D eigenvalue weighted by Crippen LogP contribution is -2.45. The van der Waals surface area contributed by atoms with Crippen molar-refractivity contribution in [3.8, 4) is 11.5 Å². The van der Waals surface area contributed by atoms with Crippen LogP contribution in [0.25, 0.3) is 0 Å². The van der Waals surface area contributed by atoms with E-state index in [1.165, 1.54) is 0 Å². The van der Waals surface area contributed by atoms with E-state index in [0.717, 1.165) is 25.0 Å². The van der Waals surface area contributed by atoms with E-state index in [-0.39, 0.29) is 71.0 Å². The van der Waals surface area contributed by atoms with E-state index in [1.54, 1.807) is 6.08 Å². The average molecular weight is 415 g/mol. The van der Waals surface area contributed by atoms with Gasteiger partial charge in [-0.15, -0.1) is 0 Å². The topological polar surface area (TPSA) is 133 Å². The summed E-state index contributed by atoms with van der Waals surface area (Å²) in [5.74, 6) is -2.69. The van der Waals surface area contributed by atoms with Gasteiger partial charge in [-0.25, -0.2) is 4.79 Å². The molecule has 160 valence electrons. The number of ketones is 2. The molecule has 8 heteroatoms. The van der Waals surface area contributed by atoms with Gasteiger partial charge in [0.1, 0.15) is 17.0 Å². The van der Waals surface area contributed by atoms with E-state index in [0.29, 0.717) is 6.42 Å². The number of nitrogens with one attached hydrogen (secondary N) is 1. The summed E-state index contributed by atoms with van der Waals surface area (Å²) < 4.78 is 6.07. The van der Waals surface area contributed by atoms with Gasteiger partial charge in [0, 0.05) is 23.7 Å². The molecule has 1 aromatic carbocycles. The van der Waals surface area contributed by atoms with Gasteiger partial charge in [-0.1, -0.05) is 13.0 Å². The Labute approximate surface area is 173 Å². The Balaban J connectivity index is 1.39. The number of Topliss-reactive ketones (excluding diaryl/α,β-unsaturated/α-hetero) is 1. The number of phenols is 2. The van der Waals surface area contributed by atoms with Crippen LogP contribution in [0, 0.1) is 17.3 Å². The molecule has 2 aliphatic heterocycles. The second kappa shape index (κ2) is 7.43. The second-order valence-corrected chi connectivity index (χ2v) is 8.57. The van der Waals surface area contributed by atoms with Crippen molar-refractivity contribution in [1.82, 2.24) is 0 Å². The van der Waals surface area contributed by atoms with Gasteiger partial charge in [0.05, 0.1) is 18.8 Å². The summed E-state index contributed by atoms with van der Waals surface area (Å²) in [6.07, 6.45) is 6.28. The third-order valence-corrected chi connectivity index (χ3v) is 6.85. The molecule has 5 atom stereocenters. The van der Waals surface area contributed by atoms with Crippen LogP contribution in [0.5, 0.6) is 11.5 Å². The van der Waals surface area contributed by atoms with Crippen molar-refractivity contribution in [2.45, 2.75) is 44.8 Å². The summed E-state index contributed by atoms with van der Waals surface area (Å²) in [6, 6.07) is 2.22. The summed E-state index contributed by atoms with van der Waals surface area (Å²) in [5, 5.41) is 31.6. The van der Waals surface area contributed by atoms with Crippen LogP contribution in [-0.4, -0.2) is 51.6 Å². The molecule has 4 rings (SSSR count). The number of aromatic carboxylic acids is 1. The first-order valence-corrected chi connectivity index (χ1v) is 10.1. The normalized spacial score (nSPS) is 31.6. The Morgan fingerprint density at radius 3 is 2.77 bits per heavy atom. The zero-order valence-electron chi connectivity index (χ0n) is 16.6. The summed E-state index contributed by atoms with van der Waals surface area (Å²) in [5.41, 5.74) is -0.746. The number of carboxylic acid groups (broad SMARTS) is 1. The zero-order valence-corrected chi connectivity index (χ0v) is 16.6. The highest BCUT2D eigenvalue weighted by Gasteiger charge is 2.60. The second-order valence-electron chi connectivity index (χ2n) is 8.57. The average Bonchev–Trinajstić information content (AvgIpc) is 3.27. The lowest BCUT2D eigenvalue weighted by molar-refractivity contribution is -0.124. The van der Waals surface area contributed by atoms with E-state index >= 15 is 0 Å². The van der Waals surface area contributed by atoms with E-state index < -0.39 is 11.7 Å². The van der Waals surface area contributed by atoms with Gasteiger partial charge in [0.25, 0.3) is 0 Å². The standard InChI is InChI=1S/C22H25NO7/c1-22-9-8-14(25)12(18(22)16-6-7-17(22)30-16)3-2-11(24)10-23-19-15(26)5-4-13(20(19)27)21(28)29/h4-5,8-9,12,16-18,23,26-27H,2-3,6-7,10H2,1H3,(H,28,29)/t12-,16+,17-,18+,22-/m1/s1. The highest BCUT2D eigenvalue weighted by Crippen LogP contribution is 2.57. The van der Waals surface area contributed by atoms with Crippen LogP contribution < -0.4 is 5.32 Å². The summed E-state index contributed by atoms with van der Waals surface area (Å²) in [6.45, 7) is 1.92. The van der Waals surface area contributed by atoms with Crippen LogP contribution in [0.3, 0.4) is 0 Å². The molecule has 1 aromatic rings. The molecule has 0 unspecified atom stereocenters. The number of carbonyl (C=O) groups is 3. The third-order valence-electron chi connectivity index (χ3n) is 6.85. The van der Waals surface area contributed by atoms with Crippen molar-refractivity contribution in [2.24, 2.45) is 17.3 Å². The Bertz CT molecular complexity index is 940. The Morgan fingerprint density at radius 1 is 1.27 bits per heavy atom. The zero-order chi connectivity index (χ0) is 21.6. The number of hydrogen-bond donors (Lipinski definition) is 4. The van der Waals surface area contributed by atoms with Crippen molar-refractivity contribution in [1.29, 1.82) is 0 Å². The fraction of sp³-hybridized carbons (Fsp3) is 0.500. The highest BCUT2D eigenvalue weighted by atomic mass is 16.5. The van der Waals surface area contributed by atoms with Crippen molar-refractivity contribution in [3.63, 3.8) is 0 Å². The fourth-order valence-electron chi connectivity index (χ4n) is 5.31. The number of hydrogen-bond acceptors (Lipinski definition) is 7. The smallest absolute Gasteiger partial charge is 0.339 e. The number of carboxylic acids is 1. The largest absolute Gasteiger partial charge is 0.506 e. The van der Waals surface area contributed by atoms with E-state index in [2.05, 4.69) is 12.2 Å². The molecule has 3 aliphatic rings. The van der Waals surface area contributed by atoms with Crippen molar-refractivity contribution in [2.75, 3.05) is 11.9 Å². The van der Waals surface area contributed by atoms with Gasteiger partial charge in [-0.3, -0.25) is 9.59 Å². The highest BCUT2D eigenvalue weighted by molar-refractivity contribution is 5.95. The van der Waals surface area contributed by atoms with Crippen molar-refractivity contribution >= 4 is 23.2 Å². The SMILES string of the molecule is C[C@]12C=CC(=O)[C@@H](CCC(=O)CNc3c(O)ccc(C(=O)O)c3O)[C@H]1[C@@H]1CC[C@H]2O1. The maximum atomic E-state index is 12.5. The molecule has 2 heterocycles. The minimum absolute atomic E-state index is 0.0267. The van der Waals surface area contributed by atoms with E-state index in [9.17, 15) is 24.6 Å². The molecular formula is C22H25NO7. The number of rotatable bonds is 7. The molecule has 8 nitrogen and oxygen atoms in total. The van der Waals surface area contributed by atoms with Gasteiger partial charge in [0.2, 0.25) is 0 Å². The lowest BCUT2D eigenvalue weighted by Gasteiger charge is -2.42. The van der Waals surface area contributed by atoms with E-state index in [1.807, 2.05) is 6.08 Å². The van der Waals surface area contributed by atoms with Crippen LogP contribution in [0.2, 0.25) is 0 Å². The fourth-order valence-corrected chi connectivity index (χ4v) is 5.31. The van der Waals surface area contributed by atoms with Crippen LogP contribution in [-0.2, 0) is 14.3 Å². The van der Waals surface area contributed by atoms with Crippen LogP contribution in [0.4, 0.5) is 5.69 Å². The minimum atomic E-state index is -1.35. The van der Waals surface area contributed by atoms with Crippen LogP contribution in [0.15, 0.2) is 24.3 Å². The van der Waals surface area contributed by atoms with Crippen molar-refractivity contribution in [3.05, 3.63) is 29.8 Å². The van der Waals surface area contributed by atoms with Gasteiger partial charge in [0.15, 0.2) is 17.3 Å². The van der Waals surface area contributed by atoms with Gasteiger partial charge in [-0.05, 0) is 37.5 Å². The van der Waals surface area contributed by atoms with Crippen LogP contribution in [0.1, 0.15) is 43.0 Å². The summed E-state index contributed by atoms with van der Waals surface area (Å²) in [7, 11) is 0. The molecule has 0 spiro atoms. The number of benzene rings is 1. The number of ether oxygens (including phenoxy) is 1. The predicted molar refractivity (Wildman–Crippen MR) is 107 cm³/mol. The van der Waals surface area contributed by atoms with E-state index in [4.69, 9.17) is 9.84 Å². The molecule has 4 N–H and O–H groups in total. The lowest BCUT2D eigenvalue weighted by atomic mass is 9.58.